The van der Waals surface area contributed by atoms with E-state index in [2.05, 4.69) is 11.4 Å². The fraction of sp³-hybridized carbons (Fsp3) is 0.478. The number of amides is 2. The van der Waals surface area contributed by atoms with Crippen LogP contribution in [0.2, 0.25) is 0 Å². The molecule has 1 aliphatic rings. The maximum Gasteiger partial charge on any atom is 0.242 e. The molecule has 0 unspecified atom stereocenters. The molecule has 162 valence electrons. The van der Waals surface area contributed by atoms with Crippen molar-refractivity contribution in [3.8, 4) is 5.75 Å². The van der Waals surface area contributed by atoms with Crippen LogP contribution in [0.15, 0.2) is 41.8 Å². The molecule has 0 fully saturated rings. The highest BCUT2D eigenvalue weighted by molar-refractivity contribution is 7.10. The number of carbonyl (C=O) groups excluding carboxylic acids is 2. The summed E-state index contributed by atoms with van der Waals surface area (Å²) in [5.41, 5.74) is 1.15. The summed E-state index contributed by atoms with van der Waals surface area (Å²) in [6, 6.07) is 11.6. The van der Waals surface area contributed by atoms with Crippen LogP contribution in [0.4, 0.5) is 0 Å². The number of benzene rings is 1. The lowest BCUT2D eigenvalue weighted by Crippen LogP contribution is -2.49. The molecule has 1 atom stereocenters. The van der Waals surface area contributed by atoms with Gasteiger partial charge < -0.3 is 19.3 Å². The van der Waals surface area contributed by atoms with E-state index in [1.54, 1.807) is 23.3 Å². The number of nitrogens with zero attached hydrogens (tertiary/aromatic N) is 2. The van der Waals surface area contributed by atoms with Gasteiger partial charge in [0, 0.05) is 31.0 Å². The SMILES string of the molecule is COCCN(CC(=O)N1CCc2sccc2[C@@H]1COc1ccccc1)C(=O)C(C)C. The Morgan fingerprint density at radius 3 is 2.70 bits per heavy atom. The molecule has 0 spiro atoms. The topological polar surface area (TPSA) is 59.1 Å². The molecule has 3 rings (SSSR count). The summed E-state index contributed by atoms with van der Waals surface area (Å²) < 4.78 is 11.2. The molecular weight excluding hydrogens is 400 g/mol. The van der Waals surface area contributed by atoms with Gasteiger partial charge in [-0.25, -0.2) is 0 Å². The molecule has 2 aromatic rings. The second kappa shape index (κ2) is 10.6. The Labute approximate surface area is 182 Å². The van der Waals surface area contributed by atoms with Gasteiger partial charge in [0.05, 0.1) is 19.2 Å². The zero-order valence-electron chi connectivity index (χ0n) is 17.9. The lowest BCUT2D eigenvalue weighted by molar-refractivity contribution is -0.144. The molecular formula is C23H30N2O4S. The molecule has 0 saturated heterocycles. The largest absolute Gasteiger partial charge is 0.491 e. The van der Waals surface area contributed by atoms with Crippen LogP contribution >= 0.6 is 11.3 Å². The van der Waals surface area contributed by atoms with Gasteiger partial charge in [-0.1, -0.05) is 32.0 Å². The van der Waals surface area contributed by atoms with E-state index in [-0.39, 0.29) is 30.3 Å². The Kier molecular flexibility index (Phi) is 7.87. The van der Waals surface area contributed by atoms with E-state index < -0.39 is 0 Å². The van der Waals surface area contributed by atoms with Crippen LogP contribution < -0.4 is 4.74 Å². The first-order chi connectivity index (χ1) is 14.5. The highest BCUT2D eigenvalue weighted by atomic mass is 32.1. The third-order valence-corrected chi connectivity index (χ3v) is 6.26. The molecule has 30 heavy (non-hydrogen) atoms. The number of carbonyl (C=O) groups is 2. The van der Waals surface area contributed by atoms with E-state index in [9.17, 15) is 9.59 Å². The van der Waals surface area contributed by atoms with E-state index >= 15 is 0 Å². The predicted octanol–water partition coefficient (Wildman–Crippen LogP) is 3.38. The van der Waals surface area contributed by atoms with Gasteiger partial charge in [-0.05, 0) is 35.6 Å². The third-order valence-electron chi connectivity index (χ3n) is 5.26. The lowest BCUT2D eigenvalue weighted by Gasteiger charge is -2.37. The summed E-state index contributed by atoms with van der Waals surface area (Å²) in [6.45, 7) is 5.58. The van der Waals surface area contributed by atoms with Crippen LogP contribution in [0, 0.1) is 5.92 Å². The summed E-state index contributed by atoms with van der Waals surface area (Å²) in [7, 11) is 1.60. The highest BCUT2D eigenvalue weighted by Gasteiger charge is 2.33. The predicted molar refractivity (Wildman–Crippen MR) is 118 cm³/mol. The third kappa shape index (κ3) is 5.40. The number of methoxy groups -OCH3 is 1. The first-order valence-electron chi connectivity index (χ1n) is 10.3. The zero-order valence-corrected chi connectivity index (χ0v) is 18.7. The Bertz CT molecular complexity index is 837. The fourth-order valence-corrected chi connectivity index (χ4v) is 4.58. The summed E-state index contributed by atoms with van der Waals surface area (Å²) in [5, 5.41) is 2.07. The number of thiophene rings is 1. The molecule has 0 N–H and O–H groups in total. The number of ether oxygens (including phenoxy) is 2. The lowest BCUT2D eigenvalue weighted by atomic mass is 10.0. The van der Waals surface area contributed by atoms with Gasteiger partial charge in [0.25, 0.3) is 0 Å². The molecule has 1 aromatic carbocycles. The quantitative estimate of drug-likeness (QED) is 0.612. The second-order valence-corrected chi connectivity index (χ2v) is 8.68. The van der Waals surface area contributed by atoms with Gasteiger partial charge in [0.15, 0.2) is 0 Å². The van der Waals surface area contributed by atoms with Crippen molar-refractivity contribution in [1.29, 1.82) is 0 Å². The maximum absolute atomic E-state index is 13.3. The number of para-hydroxylation sites is 1. The second-order valence-electron chi connectivity index (χ2n) is 7.68. The molecule has 2 amide bonds. The van der Waals surface area contributed by atoms with Crippen LogP contribution in [0.5, 0.6) is 5.75 Å². The van der Waals surface area contributed by atoms with Gasteiger partial charge in [-0.2, -0.15) is 0 Å². The molecule has 0 saturated carbocycles. The van der Waals surface area contributed by atoms with Crippen molar-refractivity contribution in [2.75, 3.05) is 40.0 Å². The Morgan fingerprint density at radius 2 is 2.00 bits per heavy atom. The van der Waals surface area contributed by atoms with Crippen molar-refractivity contribution in [3.05, 3.63) is 52.2 Å². The molecule has 0 aliphatic carbocycles. The molecule has 0 bridgehead atoms. The fourth-order valence-electron chi connectivity index (χ4n) is 3.65. The van der Waals surface area contributed by atoms with Gasteiger partial charge >= 0.3 is 0 Å². The van der Waals surface area contributed by atoms with E-state index in [1.807, 2.05) is 49.1 Å². The smallest absolute Gasteiger partial charge is 0.242 e. The van der Waals surface area contributed by atoms with Crippen LogP contribution in [-0.4, -0.2) is 61.6 Å². The number of hydrogen-bond donors (Lipinski definition) is 0. The molecule has 1 aromatic heterocycles. The molecule has 7 heteroatoms. The van der Waals surface area contributed by atoms with Crippen LogP contribution in [0.25, 0.3) is 0 Å². The van der Waals surface area contributed by atoms with Crippen molar-refractivity contribution in [2.45, 2.75) is 26.3 Å². The molecule has 0 radical (unpaired) electrons. The van der Waals surface area contributed by atoms with Gasteiger partial charge in [-0.15, -0.1) is 11.3 Å². The van der Waals surface area contributed by atoms with Crippen LogP contribution in [0.1, 0.15) is 30.3 Å². The van der Waals surface area contributed by atoms with Gasteiger partial charge in [0.1, 0.15) is 12.4 Å². The average Bonchev–Trinajstić information content (AvgIpc) is 3.24. The number of hydrogen-bond acceptors (Lipinski definition) is 5. The van der Waals surface area contributed by atoms with Crippen molar-refractivity contribution in [1.82, 2.24) is 9.80 Å². The first-order valence-corrected chi connectivity index (χ1v) is 11.2. The Balaban J connectivity index is 1.75. The Morgan fingerprint density at radius 1 is 1.23 bits per heavy atom. The van der Waals surface area contributed by atoms with Crippen molar-refractivity contribution < 1.29 is 19.1 Å². The van der Waals surface area contributed by atoms with Crippen LogP contribution in [0.3, 0.4) is 0 Å². The van der Waals surface area contributed by atoms with Crippen molar-refractivity contribution in [2.24, 2.45) is 5.92 Å². The van der Waals surface area contributed by atoms with E-state index in [1.165, 1.54) is 4.88 Å². The maximum atomic E-state index is 13.3. The molecule has 1 aliphatic heterocycles. The van der Waals surface area contributed by atoms with Crippen LogP contribution in [-0.2, 0) is 20.7 Å². The highest BCUT2D eigenvalue weighted by Crippen LogP contribution is 2.34. The number of rotatable bonds is 9. The van der Waals surface area contributed by atoms with Gasteiger partial charge in [-0.3, -0.25) is 9.59 Å². The minimum atomic E-state index is -0.170. The standard InChI is InChI=1S/C23H30N2O4S/c1-17(2)23(27)24(12-13-28-3)15-22(26)25-11-9-21-19(10-14-30-21)20(25)16-29-18-7-5-4-6-8-18/h4-8,10,14,17,20H,9,11-13,15-16H2,1-3H3/t20-/m0/s1. The summed E-state index contributed by atoms with van der Waals surface area (Å²) >= 11 is 1.72. The average molecular weight is 431 g/mol. The van der Waals surface area contributed by atoms with Crippen molar-refractivity contribution >= 4 is 23.2 Å². The minimum Gasteiger partial charge on any atom is -0.491 e. The Hall–Kier alpha value is -2.38. The summed E-state index contributed by atoms with van der Waals surface area (Å²) in [5.74, 6) is 0.519. The molecule has 2 heterocycles. The van der Waals surface area contributed by atoms with E-state index in [0.29, 0.717) is 26.3 Å². The van der Waals surface area contributed by atoms with E-state index in [4.69, 9.17) is 9.47 Å². The number of fused-ring (bicyclic) bond motifs is 1. The van der Waals surface area contributed by atoms with E-state index in [0.717, 1.165) is 17.7 Å². The van der Waals surface area contributed by atoms with Crippen molar-refractivity contribution in [3.63, 3.8) is 0 Å². The summed E-state index contributed by atoms with van der Waals surface area (Å²) in [4.78, 5) is 30.7. The monoisotopic (exact) mass is 430 g/mol. The minimum absolute atomic E-state index is 0.0364. The summed E-state index contributed by atoms with van der Waals surface area (Å²) in [6.07, 6.45) is 0.830. The van der Waals surface area contributed by atoms with Gasteiger partial charge in [0.2, 0.25) is 11.8 Å². The first kappa shape index (κ1) is 22.3. The normalized spacial score (nSPS) is 15.7. The molecule has 6 nitrogen and oxygen atoms in total. The zero-order chi connectivity index (χ0) is 21.5.